The van der Waals surface area contributed by atoms with Crippen LogP contribution in [0.1, 0.15) is 17.0 Å². The smallest absolute Gasteiger partial charge is 0.432 e. The fourth-order valence-corrected chi connectivity index (χ4v) is 2.13. The highest BCUT2D eigenvalue weighted by Crippen LogP contribution is 2.35. The van der Waals surface area contributed by atoms with Crippen molar-refractivity contribution < 1.29 is 17.9 Å². The molecule has 0 amide bonds. The molecule has 0 aliphatic rings. The normalized spacial score (nSPS) is 11.8. The van der Waals surface area contributed by atoms with E-state index in [0.717, 1.165) is 0 Å². The number of fused-ring (bicyclic) bond motifs is 1. The topological polar surface area (TPSA) is 35.3 Å². The molecule has 3 rings (SSSR count). The molecule has 0 bridgehead atoms. The van der Waals surface area contributed by atoms with Gasteiger partial charge in [-0.15, -0.1) is 0 Å². The van der Waals surface area contributed by atoms with Crippen LogP contribution in [0.5, 0.6) is 5.75 Å². The molecule has 0 fully saturated rings. The lowest BCUT2D eigenvalue weighted by molar-refractivity contribution is -0.202. The fraction of sp³-hybridized carbons (Fsp3) is 0.188. The second-order valence-corrected chi connectivity index (χ2v) is 4.83. The second kappa shape index (κ2) is 4.84. The van der Waals surface area contributed by atoms with Crippen molar-refractivity contribution in [2.24, 2.45) is 0 Å². The van der Waals surface area contributed by atoms with E-state index in [1.807, 2.05) is 0 Å². The van der Waals surface area contributed by atoms with E-state index in [-0.39, 0.29) is 5.75 Å². The first-order valence-electron chi connectivity index (χ1n) is 6.46. The summed E-state index contributed by atoms with van der Waals surface area (Å²) in [5, 5.41) is 0. The number of hydrogen-bond acceptors (Lipinski definition) is 3. The van der Waals surface area contributed by atoms with Crippen molar-refractivity contribution in [1.29, 1.82) is 0 Å². The maximum absolute atomic E-state index is 14.3. The van der Waals surface area contributed by atoms with Crippen LogP contribution >= 0.6 is 0 Å². The van der Waals surface area contributed by atoms with Crippen LogP contribution in [0.15, 0.2) is 46.9 Å². The van der Waals surface area contributed by atoms with Gasteiger partial charge < -0.3 is 9.15 Å². The standard InChI is InChI=1S/C16H13F2NO2/c1-10-6-5-7-11(2)14(10)21-16(17,18)15-19-12-8-3-4-9-13(12)20-15/h3-9H,1-2H3. The number of hydrogen-bond donors (Lipinski definition) is 0. The highest BCUT2D eigenvalue weighted by molar-refractivity contribution is 5.72. The molecule has 0 saturated carbocycles. The molecule has 0 atom stereocenters. The van der Waals surface area contributed by atoms with E-state index in [4.69, 9.17) is 9.15 Å². The van der Waals surface area contributed by atoms with E-state index in [9.17, 15) is 8.78 Å². The maximum Gasteiger partial charge on any atom is 0.480 e. The number of alkyl halides is 2. The molecule has 1 heterocycles. The maximum atomic E-state index is 14.3. The molecule has 21 heavy (non-hydrogen) atoms. The molecule has 3 nitrogen and oxygen atoms in total. The number of aromatic nitrogens is 1. The van der Waals surface area contributed by atoms with Crippen molar-refractivity contribution in [3.63, 3.8) is 0 Å². The molecule has 0 unspecified atom stereocenters. The van der Waals surface area contributed by atoms with E-state index < -0.39 is 12.0 Å². The van der Waals surface area contributed by atoms with Crippen LogP contribution in [0, 0.1) is 13.8 Å². The van der Waals surface area contributed by atoms with Gasteiger partial charge in [-0.05, 0) is 37.1 Å². The summed E-state index contributed by atoms with van der Waals surface area (Å²) in [5.41, 5.74) is 1.94. The van der Waals surface area contributed by atoms with Crippen molar-refractivity contribution in [3.8, 4) is 5.75 Å². The van der Waals surface area contributed by atoms with Gasteiger partial charge in [-0.2, -0.15) is 8.78 Å². The Hall–Kier alpha value is -2.43. The first-order valence-corrected chi connectivity index (χ1v) is 6.46. The van der Waals surface area contributed by atoms with E-state index in [2.05, 4.69) is 4.98 Å². The molecule has 1 aromatic heterocycles. The summed E-state index contributed by atoms with van der Waals surface area (Å²) < 4.78 is 38.5. The Morgan fingerprint density at radius 2 is 1.67 bits per heavy atom. The summed E-state index contributed by atoms with van der Waals surface area (Å²) >= 11 is 0. The van der Waals surface area contributed by atoms with Gasteiger partial charge in [-0.25, -0.2) is 4.98 Å². The molecule has 3 aromatic rings. The van der Waals surface area contributed by atoms with Gasteiger partial charge in [0.15, 0.2) is 5.58 Å². The highest BCUT2D eigenvalue weighted by Gasteiger charge is 2.41. The summed E-state index contributed by atoms with van der Waals surface area (Å²) in [5.74, 6) is -0.601. The van der Waals surface area contributed by atoms with Crippen molar-refractivity contribution in [3.05, 3.63) is 59.5 Å². The average molecular weight is 289 g/mol. The number of nitrogens with zero attached hydrogens (tertiary/aromatic N) is 1. The lowest BCUT2D eigenvalue weighted by Gasteiger charge is -2.17. The molecule has 2 aromatic carbocycles. The van der Waals surface area contributed by atoms with Crippen LogP contribution in [0.4, 0.5) is 8.78 Å². The molecule has 0 aliphatic carbocycles. The highest BCUT2D eigenvalue weighted by atomic mass is 19.3. The Morgan fingerprint density at radius 3 is 2.33 bits per heavy atom. The monoisotopic (exact) mass is 289 g/mol. The van der Waals surface area contributed by atoms with Gasteiger partial charge in [0, 0.05) is 0 Å². The van der Waals surface area contributed by atoms with Crippen LogP contribution in [0.2, 0.25) is 0 Å². The van der Waals surface area contributed by atoms with Gasteiger partial charge in [-0.1, -0.05) is 30.3 Å². The Labute approximate surface area is 120 Å². The third kappa shape index (κ3) is 2.46. The van der Waals surface area contributed by atoms with Crippen molar-refractivity contribution >= 4 is 11.1 Å². The fourth-order valence-electron chi connectivity index (χ4n) is 2.13. The van der Waals surface area contributed by atoms with E-state index in [1.54, 1.807) is 56.3 Å². The van der Waals surface area contributed by atoms with Gasteiger partial charge in [-0.3, -0.25) is 0 Å². The van der Waals surface area contributed by atoms with E-state index >= 15 is 0 Å². The predicted molar refractivity (Wildman–Crippen MR) is 74.4 cm³/mol. The summed E-state index contributed by atoms with van der Waals surface area (Å²) in [7, 11) is 0. The van der Waals surface area contributed by atoms with Gasteiger partial charge in [0.25, 0.3) is 0 Å². The quantitative estimate of drug-likeness (QED) is 0.708. The zero-order valence-corrected chi connectivity index (χ0v) is 11.6. The van der Waals surface area contributed by atoms with Gasteiger partial charge in [0.2, 0.25) is 0 Å². The zero-order valence-electron chi connectivity index (χ0n) is 11.6. The van der Waals surface area contributed by atoms with E-state index in [0.29, 0.717) is 22.2 Å². The molecule has 0 saturated heterocycles. The molecule has 5 heteroatoms. The Bertz CT molecular complexity index is 743. The Morgan fingerprint density at radius 1 is 1.00 bits per heavy atom. The average Bonchev–Trinajstić information content (AvgIpc) is 2.88. The lowest BCUT2D eigenvalue weighted by atomic mass is 10.1. The van der Waals surface area contributed by atoms with Crippen molar-refractivity contribution in [2.45, 2.75) is 20.0 Å². The molecular weight excluding hydrogens is 276 g/mol. The van der Waals surface area contributed by atoms with Crippen molar-refractivity contribution in [2.75, 3.05) is 0 Å². The SMILES string of the molecule is Cc1cccc(C)c1OC(F)(F)c1nc2ccccc2o1. The number of ether oxygens (including phenoxy) is 1. The number of para-hydroxylation sites is 3. The summed E-state index contributed by atoms with van der Waals surface area (Å²) in [4.78, 5) is 3.80. The van der Waals surface area contributed by atoms with Crippen molar-refractivity contribution in [1.82, 2.24) is 4.98 Å². The summed E-state index contributed by atoms with van der Waals surface area (Å²) in [6.45, 7) is 3.43. The molecule has 0 N–H and O–H groups in total. The zero-order chi connectivity index (χ0) is 15.0. The van der Waals surface area contributed by atoms with Gasteiger partial charge in [0.05, 0.1) is 0 Å². The number of oxazole rings is 1. The van der Waals surface area contributed by atoms with Crippen LogP contribution in [-0.4, -0.2) is 4.98 Å². The third-order valence-electron chi connectivity index (χ3n) is 3.18. The minimum Gasteiger partial charge on any atom is -0.432 e. The lowest BCUT2D eigenvalue weighted by Crippen LogP contribution is -2.23. The number of benzene rings is 2. The first-order chi connectivity index (χ1) is 9.97. The number of halogens is 2. The van der Waals surface area contributed by atoms with Gasteiger partial charge in [0.1, 0.15) is 11.3 Å². The predicted octanol–water partition coefficient (Wildman–Crippen LogP) is 4.57. The van der Waals surface area contributed by atoms with Gasteiger partial charge >= 0.3 is 12.0 Å². The molecule has 0 spiro atoms. The Balaban J connectivity index is 2.00. The third-order valence-corrected chi connectivity index (χ3v) is 3.18. The summed E-state index contributed by atoms with van der Waals surface area (Å²) in [6, 6.07) is 11.8. The van der Waals surface area contributed by atoms with Crippen LogP contribution < -0.4 is 4.74 Å². The molecule has 0 radical (unpaired) electrons. The van der Waals surface area contributed by atoms with Crippen LogP contribution in [0.3, 0.4) is 0 Å². The minimum absolute atomic E-state index is 0.143. The number of aryl methyl sites for hydroxylation is 2. The molecule has 0 aliphatic heterocycles. The molecular formula is C16H13F2NO2. The number of rotatable bonds is 3. The largest absolute Gasteiger partial charge is 0.480 e. The minimum atomic E-state index is -3.63. The van der Waals surface area contributed by atoms with Crippen LogP contribution in [-0.2, 0) is 6.11 Å². The first kappa shape index (κ1) is 13.5. The van der Waals surface area contributed by atoms with Crippen LogP contribution in [0.25, 0.3) is 11.1 Å². The summed E-state index contributed by atoms with van der Waals surface area (Å²) in [6.07, 6.45) is -3.63. The Kier molecular flexibility index (Phi) is 3.12. The second-order valence-electron chi connectivity index (χ2n) is 4.83. The molecule has 108 valence electrons. The van der Waals surface area contributed by atoms with E-state index in [1.165, 1.54) is 0 Å².